The Labute approximate surface area is 120 Å². The van der Waals surface area contributed by atoms with Crippen molar-refractivity contribution in [1.29, 1.82) is 0 Å². The van der Waals surface area contributed by atoms with Gasteiger partial charge in [-0.3, -0.25) is 4.79 Å². The van der Waals surface area contributed by atoms with Crippen molar-refractivity contribution in [2.45, 2.75) is 0 Å². The molecule has 1 nitrogen and oxygen atoms in total. The molecule has 0 fully saturated rings. The van der Waals surface area contributed by atoms with Crippen molar-refractivity contribution in [3.05, 3.63) is 75.5 Å². The number of ketones is 1. The van der Waals surface area contributed by atoms with Gasteiger partial charge >= 0.3 is 0 Å². The highest BCUT2D eigenvalue weighted by Gasteiger charge is 2.03. The van der Waals surface area contributed by atoms with E-state index in [4.69, 9.17) is 23.2 Å². The SMILES string of the molecule is O=C(C=Cc1ccc(Cl)cc1Cl)c1ccc(F)cc1. The van der Waals surface area contributed by atoms with Crippen LogP contribution in [0.4, 0.5) is 4.39 Å². The van der Waals surface area contributed by atoms with Gasteiger partial charge in [0.1, 0.15) is 5.82 Å². The summed E-state index contributed by atoms with van der Waals surface area (Å²) in [7, 11) is 0. The van der Waals surface area contributed by atoms with Crippen LogP contribution in [-0.2, 0) is 0 Å². The summed E-state index contributed by atoms with van der Waals surface area (Å²) in [6, 6.07) is 10.4. The summed E-state index contributed by atoms with van der Waals surface area (Å²) in [6.45, 7) is 0. The zero-order valence-corrected chi connectivity index (χ0v) is 11.3. The van der Waals surface area contributed by atoms with E-state index >= 15 is 0 Å². The second kappa shape index (κ2) is 6.00. The number of carbonyl (C=O) groups is 1. The number of rotatable bonds is 3. The third-order valence-electron chi connectivity index (χ3n) is 2.51. The van der Waals surface area contributed by atoms with Crippen molar-refractivity contribution in [2.24, 2.45) is 0 Å². The molecule has 0 aromatic heterocycles. The van der Waals surface area contributed by atoms with E-state index in [-0.39, 0.29) is 11.6 Å². The average molecular weight is 295 g/mol. The highest BCUT2D eigenvalue weighted by Crippen LogP contribution is 2.22. The van der Waals surface area contributed by atoms with Crippen LogP contribution in [0.5, 0.6) is 0 Å². The first-order chi connectivity index (χ1) is 9.06. The van der Waals surface area contributed by atoms with E-state index in [1.807, 2.05) is 0 Å². The molecule has 0 spiro atoms. The normalized spacial score (nSPS) is 10.9. The summed E-state index contributed by atoms with van der Waals surface area (Å²) in [5, 5.41) is 1.00. The summed E-state index contributed by atoms with van der Waals surface area (Å²) < 4.78 is 12.7. The zero-order valence-electron chi connectivity index (χ0n) is 9.74. The second-order valence-electron chi connectivity index (χ2n) is 3.87. The zero-order chi connectivity index (χ0) is 13.8. The minimum atomic E-state index is -0.374. The molecular weight excluding hydrogens is 286 g/mol. The molecule has 0 aliphatic rings. The van der Waals surface area contributed by atoms with Crippen molar-refractivity contribution < 1.29 is 9.18 Å². The van der Waals surface area contributed by atoms with Crippen LogP contribution in [0.3, 0.4) is 0 Å². The van der Waals surface area contributed by atoms with Gasteiger partial charge in [-0.25, -0.2) is 4.39 Å². The number of hydrogen-bond acceptors (Lipinski definition) is 1. The molecular formula is C15H9Cl2FO. The predicted molar refractivity (Wildman–Crippen MR) is 76.2 cm³/mol. The number of carbonyl (C=O) groups excluding carboxylic acids is 1. The molecule has 0 atom stereocenters. The third kappa shape index (κ3) is 3.66. The Morgan fingerprint density at radius 3 is 2.37 bits per heavy atom. The van der Waals surface area contributed by atoms with Crippen molar-refractivity contribution in [3.63, 3.8) is 0 Å². The molecule has 0 saturated carbocycles. The van der Waals surface area contributed by atoms with Crippen molar-refractivity contribution in [3.8, 4) is 0 Å². The van der Waals surface area contributed by atoms with Crippen LogP contribution in [0, 0.1) is 5.82 Å². The van der Waals surface area contributed by atoms with Gasteiger partial charge in [0, 0.05) is 15.6 Å². The molecule has 4 heteroatoms. The van der Waals surface area contributed by atoms with E-state index in [2.05, 4.69) is 0 Å². The molecule has 2 rings (SSSR count). The lowest BCUT2D eigenvalue weighted by atomic mass is 10.1. The minimum absolute atomic E-state index is 0.217. The summed E-state index contributed by atoms with van der Waals surface area (Å²) in [4.78, 5) is 11.8. The minimum Gasteiger partial charge on any atom is -0.289 e. The molecule has 0 radical (unpaired) electrons. The first-order valence-electron chi connectivity index (χ1n) is 5.49. The topological polar surface area (TPSA) is 17.1 Å². The first kappa shape index (κ1) is 13.8. The monoisotopic (exact) mass is 294 g/mol. The molecule has 0 amide bonds. The van der Waals surface area contributed by atoms with Gasteiger partial charge in [0.2, 0.25) is 0 Å². The van der Waals surface area contributed by atoms with E-state index in [1.54, 1.807) is 24.3 Å². The fourth-order valence-electron chi connectivity index (χ4n) is 1.51. The van der Waals surface area contributed by atoms with Crippen molar-refractivity contribution in [1.82, 2.24) is 0 Å². The highest BCUT2D eigenvalue weighted by molar-refractivity contribution is 6.35. The maximum Gasteiger partial charge on any atom is 0.185 e. The van der Waals surface area contributed by atoms with Crippen LogP contribution in [-0.4, -0.2) is 5.78 Å². The molecule has 0 saturated heterocycles. The Bertz CT molecular complexity index is 633. The second-order valence-corrected chi connectivity index (χ2v) is 4.71. The van der Waals surface area contributed by atoms with Crippen LogP contribution < -0.4 is 0 Å². The molecule has 2 aromatic carbocycles. The van der Waals surface area contributed by atoms with E-state index in [1.165, 1.54) is 30.3 Å². The van der Waals surface area contributed by atoms with Gasteiger partial charge in [0.05, 0.1) is 0 Å². The Morgan fingerprint density at radius 1 is 1.05 bits per heavy atom. The van der Waals surface area contributed by atoms with E-state index in [0.717, 1.165) is 0 Å². The van der Waals surface area contributed by atoms with Gasteiger partial charge in [-0.2, -0.15) is 0 Å². The highest BCUT2D eigenvalue weighted by atomic mass is 35.5. The van der Waals surface area contributed by atoms with Crippen LogP contribution in [0.1, 0.15) is 15.9 Å². The van der Waals surface area contributed by atoms with E-state index in [9.17, 15) is 9.18 Å². The molecule has 0 aliphatic heterocycles. The number of benzene rings is 2. The molecule has 0 bridgehead atoms. The lowest BCUT2D eigenvalue weighted by Crippen LogP contribution is -1.93. The lowest BCUT2D eigenvalue weighted by molar-refractivity contribution is 0.104. The van der Waals surface area contributed by atoms with Crippen LogP contribution in [0.2, 0.25) is 10.0 Å². The quantitative estimate of drug-likeness (QED) is 0.573. The van der Waals surface area contributed by atoms with Crippen LogP contribution in [0.25, 0.3) is 6.08 Å². The largest absolute Gasteiger partial charge is 0.289 e. The van der Waals surface area contributed by atoms with Gasteiger partial charge in [0.15, 0.2) is 5.78 Å². The van der Waals surface area contributed by atoms with Gasteiger partial charge < -0.3 is 0 Å². The molecule has 19 heavy (non-hydrogen) atoms. The van der Waals surface area contributed by atoms with Crippen LogP contribution >= 0.6 is 23.2 Å². The summed E-state index contributed by atoms with van der Waals surface area (Å²) in [6.07, 6.45) is 2.99. The standard InChI is InChI=1S/C15H9Cl2FO/c16-12-5-1-10(14(17)9-12)4-8-15(19)11-2-6-13(18)7-3-11/h1-9H. The van der Waals surface area contributed by atoms with E-state index < -0.39 is 0 Å². The maximum atomic E-state index is 12.7. The molecule has 0 aliphatic carbocycles. The fourth-order valence-corrected chi connectivity index (χ4v) is 1.98. The van der Waals surface area contributed by atoms with Crippen LogP contribution in [0.15, 0.2) is 48.5 Å². The smallest absolute Gasteiger partial charge is 0.185 e. The van der Waals surface area contributed by atoms with Gasteiger partial charge in [-0.1, -0.05) is 29.3 Å². The van der Waals surface area contributed by atoms with Crippen molar-refractivity contribution in [2.75, 3.05) is 0 Å². The molecule has 0 N–H and O–H groups in total. The lowest BCUT2D eigenvalue weighted by Gasteiger charge is -1.99. The fraction of sp³-hybridized carbons (Fsp3) is 0. The summed E-state index contributed by atoms with van der Waals surface area (Å²) in [5.41, 5.74) is 1.12. The molecule has 96 valence electrons. The Hall–Kier alpha value is -1.64. The summed E-state index contributed by atoms with van der Waals surface area (Å²) >= 11 is 11.8. The first-order valence-corrected chi connectivity index (χ1v) is 6.25. The number of hydrogen-bond donors (Lipinski definition) is 0. The number of allylic oxidation sites excluding steroid dienone is 1. The molecule has 2 aromatic rings. The number of halogens is 3. The predicted octanol–water partition coefficient (Wildman–Crippen LogP) is 5.03. The van der Waals surface area contributed by atoms with Gasteiger partial charge in [0.25, 0.3) is 0 Å². The molecule has 0 unspecified atom stereocenters. The average Bonchev–Trinajstić information content (AvgIpc) is 2.38. The van der Waals surface area contributed by atoms with E-state index in [0.29, 0.717) is 21.2 Å². The van der Waals surface area contributed by atoms with Crippen molar-refractivity contribution >= 4 is 35.1 Å². The Balaban J connectivity index is 2.18. The van der Waals surface area contributed by atoms with Gasteiger partial charge in [-0.05, 0) is 54.1 Å². The third-order valence-corrected chi connectivity index (χ3v) is 3.07. The summed E-state index contributed by atoms with van der Waals surface area (Å²) in [5.74, 6) is -0.590. The Kier molecular flexibility index (Phi) is 4.35. The molecule has 0 heterocycles. The maximum absolute atomic E-state index is 12.7. The van der Waals surface area contributed by atoms with Gasteiger partial charge in [-0.15, -0.1) is 0 Å². The Morgan fingerprint density at radius 2 is 1.74 bits per heavy atom.